The molecule has 0 heterocycles. The van der Waals surface area contributed by atoms with E-state index in [4.69, 9.17) is 4.28 Å². The van der Waals surface area contributed by atoms with Crippen molar-refractivity contribution < 1.29 is 12.7 Å². The van der Waals surface area contributed by atoms with E-state index in [9.17, 15) is 8.42 Å². The van der Waals surface area contributed by atoms with Crippen LogP contribution in [0.2, 0.25) is 0 Å². The minimum atomic E-state index is -3.96. The first-order valence-corrected chi connectivity index (χ1v) is 9.81. The number of nitrogens with zero attached hydrogens (tertiary/aromatic N) is 1. The Morgan fingerprint density at radius 1 is 0.962 bits per heavy atom. The zero-order valence-electron chi connectivity index (χ0n) is 15.0. The van der Waals surface area contributed by atoms with Crippen molar-refractivity contribution in [2.45, 2.75) is 31.6 Å². The van der Waals surface area contributed by atoms with Gasteiger partial charge >= 0.3 is 10.1 Å². The highest BCUT2D eigenvalue weighted by molar-refractivity contribution is 7.86. The van der Waals surface area contributed by atoms with E-state index < -0.39 is 10.1 Å². The molecule has 4 nitrogen and oxygen atoms in total. The van der Waals surface area contributed by atoms with Crippen LogP contribution in [-0.4, -0.2) is 14.1 Å². The maximum absolute atomic E-state index is 12.5. The number of oxime groups is 1. The Kier molecular flexibility index (Phi) is 5.09. The summed E-state index contributed by atoms with van der Waals surface area (Å²) in [4.78, 5) is 0.0935. The Bertz CT molecular complexity index is 1070. The van der Waals surface area contributed by atoms with Crippen LogP contribution in [-0.2, 0) is 14.4 Å². The van der Waals surface area contributed by atoms with Gasteiger partial charge in [0.25, 0.3) is 0 Å². The normalized spacial score (nSPS) is 13.6. The van der Waals surface area contributed by atoms with Gasteiger partial charge in [0.05, 0.1) is 5.71 Å². The van der Waals surface area contributed by atoms with Crippen molar-refractivity contribution in [1.29, 1.82) is 0 Å². The van der Waals surface area contributed by atoms with Crippen LogP contribution < -0.4 is 0 Å². The van der Waals surface area contributed by atoms with Gasteiger partial charge in [0.1, 0.15) is 4.90 Å². The molecule has 3 aromatic carbocycles. The lowest BCUT2D eigenvalue weighted by Crippen LogP contribution is -2.09. The standard InChI is InChI=1S/C21H21NO3S/c1-15-7-6-10-19(13-15)16(2)17(3)22-25-26(23,24)21-12-11-18-8-4-5-9-20(18)14-21/h4-14,16H,1-3H3/b22-17+. The molecule has 0 bridgehead atoms. The summed E-state index contributed by atoms with van der Waals surface area (Å²) >= 11 is 0. The molecule has 0 aliphatic heterocycles. The van der Waals surface area contributed by atoms with Gasteiger partial charge in [-0.25, -0.2) is 0 Å². The van der Waals surface area contributed by atoms with Gasteiger partial charge in [-0.2, -0.15) is 8.42 Å². The summed E-state index contributed by atoms with van der Waals surface area (Å²) in [6, 6.07) is 20.5. The van der Waals surface area contributed by atoms with Crippen molar-refractivity contribution in [3.05, 3.63) is 77.9 Å². The van der Waals surface area contributed by atoms with E-state index in [1.165, 1.54) is 6.07 Å². The molecule has 0 aromatic heterocycles. The van der Waals surface area contributed by atoms with Crippen molar-refractivity contribution in [1.82, 2.24) is 0 Å². The van der Waals surface area contributed by atoms with Crippen LogP contribution >= 0.6 is 0 Å². The molecule has 0 amide bonds. The first kappa shape index (κ1) is 18.1. The molecule has 0 saturated carbocycles. The van der Waals surface area contributed by atoms with E-state index in [0.717, 1.165) is 21.9 Å². The second-order valence-electron chi connectivity index (χ2n) is 6.41. The van der Waals surface area contributed by atoms with Gasteiger partial charge in [-0.05, 0) is 42.3 Å². The average Bonchev–Trinajstić information content (AvgIpc) is 2.65. The van der Waals surface area contributed by atoms with Crippen LogP contribution in [0.1, 0.15) is 30.9 Å². The molecule has 1 atom stereocenters. The number of benzene rings is 3. The molecule has 0 spiro atoms. The third kappa shape index (κ3) is 3.94. The Balaban J connectivity index is 1.82. The van der Waals surface area contributed by atoms with Crippen molar-refractivity contribution in [3.63, 3.8) is 0 Å². The summed E-state index contributed by atoms with van der Waals surface area (Å²) < 4.78 is 29.9. The van der Waals surface area contributed by atoms with Crippen molar-refractivity contribution in [2.24, 2.45) is 5.16 Å². The molecular formula is C21H21NO3S. The molecule has 5 heteroatoms. The van der Waals surface area contributed by atoms with Gasteiger partial charge in [-0.3, -0.25) is 4.28 Å². The first-order valence-electron chi connectivity index (χ1n) is 8.40. The second kappa shape index (κ2) is 7.30. The molecule has 0 N–H and O–H groups in total. The summed E-state index contributed by atoms with van der Waals surface area (Å²) in [5, 5.41) is 5.70. The number of fused-ring (bicyclic) bond motifs is 1. The van der Waals surface area contributed by atoms with E-state index in [1.807, 2.05) is 56.3 Å². The minimum Gasteiger partial charge on any atom is -0.265 e. The fraction of sp³-hybridized carbons (Fsp3) is 0.190. The molecule has 3 aromatic rings. The zero-order chi connectivity index (χ0) is 18.7. The van der Waals surface area contributed by atoms with Crippen LogP contribution in [0, 0.1) is 6.92 Å². The first-order chi connectivity index (χ1) is 12.4. The van der Waals surface area contributed by atoms with Crippen LogP contribution in [0.5, 0.6) is 0 Å². The largest absolute Gasteiger partial charge is 0.358 e. The van der Waals surface area contributed by atoms with Crippen LogP contribution in [0.3, 0.4) is 0 Å². The molecule has 0 saturated heterocycles. The predicted octanol–water partition coefficient (Wildman–Crippen LogP) is 5.03. The van der Waals surface area contributed by atoms with Crippen molar-refractivity contribution in [2.75, 3.05) is 0 Å². The minimum absolute atomic E-state index is 0.0401. The lowest BCUT2D eigenvalue weighted by atomic mass is 9.96. The summed E-state index contributed by atoms with van der Waals surface area (Å²) in [7, 11) is -3.96. The summed E-state index contributed by atoms with van der Waals surface area (Å²) in [5.41, 5.74) is 2.81. The van der Waals surface area contributed by atoms with Gasteiger partial charge in [0.15, 0.2) is 0 Å². The molecule has 0 fully saturated rings. The van der Waals surface area contributed by atoms with Gasteiger partial charge in [0, 0.05) is 5.92 Å². The smallest absolute Gasteiger partial charge is 0.265 e. The highest BCUT2D eigenvalue weighted by Gasteiger charge is 2.18. The monoisotopic (exact) mass is 367 g/mol. The van der Waals surface area contributed by atoms with Gasteiger partial charge in [-0.1, -0.05) is 72.2 Å². The number of aryl methyl sites for hydroxylation is 1. The van der Waals surface area contributed by atoms with Gasteiger partial charge in [-0.15, -0.1) is 0 Å². The highest BCUT2D eigenvalue weighted by atomic mass is 32.2. The topological polar surface area (TPSA) is 55.7 Å². The molecular weight excluding hydrogens is 346 g/mol. The summed E-state index contributed by atoms with van der Waals surface area (Å²) in [5.74, 6) is -0.0401. The SMILES string of the molecule is C/C(=N\OS(=O)(=O)c1ccc2ccccc2c1)C(C)c1cccc(C)c1. The fourth-order valence-corrected chi connectivity index (χ4v) is 3.54. The zero-order valence-corrected chi connectivity index (χ0v) is 15.8. The maximum Gasteiger partial charge on any atom is 0.358 e. The molecule has 0 radical (unpaired) electrons. The summed E-state index contributed by atoms with van der Waals surface area (Å²) in [6.07, 6.45) is 0. The average molecular weight is 367 g/mol. The Labute approximate surface area is 154 Å². The summed E-state index contributed by atoms with van der Waals surface area (Å²) in [6.45, 7) is 5.76. The second-order valence-corrected chi connectivity index (χ2v) is 7.93. The van der Waals surface area contributed by atoms with Crippen molar-refractivity contribution in [3.8, 4) is 0 Å². The third-order valence-corrected chi connectivity index (χ3v) is 5.56. The lowest BCUT2D eigenvalue weighted by molar-refractivity contribution is 0.337. The van der Waals surface area contributed by atoms with Crippen molar-refractivity contribution >= 4 is 26.6 Å². The van der Waals surface area contributed by atoms with Crippen LogP contribution in [0.15, 0.2) is 76.8 Å². The fourth-order valence-electron chi connectivity index (χ4n) is 2.73. The Morgan fingerprint density at radius 2 is 1.69 bits per heavy atom. The molecule has 0 aliphatic rings. The number of hydrogen-bond acceptors (Lipinski definition) is 4. The predicted molar refractivity (Wildman–Crippen MR) is 105 cm³/mol. The van der Waals surface area contributed by atoms with E-state index in [2.05, 4.69) is 11.2 Å². The molecule has 0 aliphatic carbocycles. The van der Waals surface area contributed by atoms with E-state index >= 15 is 0 Å². The highest BCUT2D eigenvalue weighted by Crippen LogP contribution is 2.22. The van der Waals surface area contributed by atoms with Gasteiger partial charge < -0.3 is 0 Å². The molecule has 1 unspecified atom stereocenters. The molecule has 26 heavy (non-hydrogen) atoms. The lowest BCUT2D eigenvalue weighted by Gasteiger charge is -2.12. The van der Waals surface area contributed by atoms with E-state index in [0.29, 0.717) is 5.71 Å². The van der Waals surface area contributed by atoms with Crippen LogP contribution in [0.4, 0.5) is 0 Å². The number of hydrogen-bond donors (Lipinski definition) is 0. The third-order valence-electron chi connectivity index (χ3n) is 4.46. The molecule has 3 rings (SSSR count). The number of rotatable bonds is 5. The molecule has 134 valence electrons. The van der Waals surface area contributed by atoms with Gasteiger partial charge in [0.2, 0.25) is 0 Å². The van der Waals surface area contributed by atoms with E-state index in [-0.39, 0.29) is 10.8 Å². The Hall–Kier alpha value is -2.66. The Morgan fingerprint density at radius 3 is 2.42 bits per heavy atom. The quantitative estimate of drug-likeness (QED) is 0.469. The van der Waals surface area contributed by atoms with Crippen LogP contribution in [0.25, 0.3) is 10.8 Å². The maximum atomic E-state index is 12.5. The van der Waals surface area contributed by atoms with E-state index in [1.54, 1.807) is 19.1 Å².